The van der Waals surface area contributed by atoms with Crippen molar-refractivity contribution in [3.63, 3.8) is 0 Å². The second-order valence-corrected chi connectivity index (χ2v) is 7.38. The van der Waals surface area contributed by atoms with Crippen LogP contribution in [0.4, 0.5) is 0 Å². The predicted molar refractivity (Wildman–Crippen MR) is 112 cm³/mol. The fourth-order valence-electron chi connectivity index (χ4n) is 2.63. The second kappa shape index (κ2) is 9.82. The van der Waals surface area contributed by atoms with Gasteiger partial charge in [0.15, 0.2) is 5.16 Å². The highest BCUT2D eigenvalue weighted by Gasteiger charge is 2.12. The molecule has 148 valence electrons. The van der Waals surface area contributed by atoms with E-state index >= 15 is 0 Å². The Labute approximate surface area is 172 Å². The molecule has 0 saturated heterocycles. The van der Waals surface area contributed by atoms with Crippen LogP contribution in [0.3, 0.4) is 0 Å². The van der Waals surface area contributed by atoms with Crippen LogP contribution in [0.2, 0.25) is 5.02 Å². The van der Waals surface area contributed by atoms with Gasteiger partial charge in [-0.2, -0.15) is 0 Å². The quantitative estimate of drug-likeness (QED) is 0.297. The van der Waals surface area contributed by atoms with Gasteiger partial charge in [-0.3, -0.25) is 9.36 Å². The zero-order valence-electron chi connectivity index (χ0n) is 15.7. The molecular formula is C20H21ClN2O4S. The fraction of sp³-hybridized carbons (Fsp3) is 0.300. The van der Waals surface area contributed by atoms with Gasteiger partial charge in [-0.25, -0.2) is 4.98 Å². The van der Waals surface area contributed by atoms with Crippen LogP contribution >= 0.6 is 23.4 Å². The minimum Gasteiger partial charge on any atom is -0.497 e. The first-order valence-corrected chi connectivity index (χ1v) is 10.1. The number of ether oxygens (including phenoxy) is 3. The SMILES string of the molecule is COCCn1c(SCCOc2ccc(OC)cc2)nc2cc(Cl)ccc2c1=O. The first-order valence-electron chi connectivity index (χ1n) is 8.71. The lowest BCUT2D eigenvalue weighted by Crippen LogP contribution is -2.25. The topological polar surface area (TPSA) is 62.6 Å². The third-order valence-corrected chi connectivity index (χ3v) is 5.22. The monoisotopic (exact) mass is 420 g/mol. The standard InChI is InChI=1S/C20H21ClN2O4S/c1-25-10-9-23-19(24)17-8-3-14(21)13-18(17)22-20(23)28-12-11-27-16-6-4-15(26-2)5-7-16/h3-8,13H,9-12H2,1-2H3. The van der Waals surface area contributed by atoms with Crippen LogP contribution in [0.15, 0.2) is 52.4 Å². The van der Waals surface area contributed by atoms with Gasteiger partial charge in [-0.1, -0.05) is 23.4 Å². The van der Waals surface area contributed by atoms with Gasteiger partial charge in [0, 0.05) is 17.9 Å². The van der Waals surface area contributed by atoms with Crippen LogP contribution in [0.25, 0.3) is 10.9 Å². The van der Waals surface area contributed by atoms with Crippen molar-refractivity contribution in [1.82, 2.24) is 9.55 Å². The number of thioether (sulfide) groups is 1. The van der Waals surface area contributed by atoms with Crippen LogP contribution in [0.5, 0.6) is 11.5 Å². The minimum atomic E-state index is -0.0997. The molecule has 0 fully saturated rings. The van der Waals surface area contributed by atoms with Crippen molar-refractivity contribution in [2.45, 2.75) is 11.7 Å². The first-order chi connectivity index (χ1) is 13.6. The van der Waals surface area contributed by atoms with Gasteiger partial charge in [0.2, 0.25) is 0 Å². The fourth-order valence-corrected chi connectivity index (χ4v) is 3.64. The lowest BCUT2D eigenvalue weighted by atomic mass is 10.2. The zero-order chi connectivity index (χ0) is 19.9. The summed E-state index contributed by atoms with van der Waals surface area (Å²) in [6.07, 6.45) is 0. The van der Waals surface area contributed by atoms with Gasteiger partial charge in [-0.05, 0) is 42.5 Å². The lowest BCUT2D eigenvalue weighted by molar-refractivity contribution is 0.183. The second-order valence-electron chi connectivity index (χ2n) is 5.88. The van der Waals surface area contributed by atoms with Crippen LogP contribution in [-0.4, -0.2) is 42.7 Å². The van der Waals surface area contributed by atoms with Gasteiger partial charge in [0.25, 0.3) is 5.56 Å². The number of rotatable bonds is 9. The Morgan fingerprint density at radius 2 is 1.82 bits per heavy atom. The number of halogens is 1. The molecule has 0 aliphatic rings. The molecule has 0 aliphatic heterocycles. The molecule has 0 N–H and O–H groups in total. The van der Waals surface area contributed by atoms with Gasteiger partial charge in [-0.15, -0.1) is 0 Å². The van der Waals surface area contributed by atoms with E-state index in [-0.39, 0.29) is 5.56 Å². The third kappa shape index (κ3) is 4.98. The van der Waals surface area contributed by atoms with Crippen molar-refractivity contribution >= 4 is 34.3 Å². The van der Waals surface area contributed by atoms with Crippen molar-refractivity contribution in [1.29, 1.82) is 0 Å². The molecule has 0 spiro atoms. The molecule has 0 aliphatic carbocycles. The predicted octanol–water partition coefficient (Wildman–Crippen LogP) is 3.88. The van der Waals surface area contributed by atoms with E-state index in [1.54, 1.807) is 37.0 Å². The summed E-state index contributed by atoms with van der Waals surface area (Å²) in [5.74, 6) is 2.18. The number of hydrogen-bond donors (Lipinski definition) is 0. The molecule has 8 heteroatoms. The van der Waals surface area contributed by atoms with Crippen molar-refractivity contribution in [3.8, 4) is 11.5 Å². The van der Waals surface area contributed by atoms with Crippen molar-refractivity contribution in [2.75, 3.05) is 33.2 Å². The number of benzene rings is 2. The molecule has 3 aromatic rings. The molecule has 3 rings (SSSR count). The van der Waals surface area contributed by atoms with Gasteiger partial charge < -0.3 is 14.2 Å². The molecule has 1 heterocycles. The summed E-state index contributed by atoms with van der Waals surface area (Å²) in [7, 11) is 3.23. The van der Waals surface area contributed by atoms with Crippen LogP contribution in [-0.2, 0) is 11.3 Å². The van der Waals surface area contributed by atoms with Gasteiger partial charge >= 0.3 is 0 Å². The van der Waals surface area contributed by atoms with Crippen LogP contribution in [0.1, 0.15) is 0 Å². The zero-order valence-corrected chi connectivity index (χ0v) is 17.3. The highest BCUT2D eigenvalue weighted by molar-refractivity contribution is 7.99. The van der Waals surface area contributed by atoms with Crippen molar-refractivity contribution in [2.24, 2.45) is 0 Å². The number of aromatic nitrogens is 2. The summed E-state index contributed by atoms with van der Waals surface area (Å²) in [6.45, 7) is 1.34. The summed E-state index contributed by atoms with van der Waals surface area (Å²) >= 11 is 7.52. The maximum atomic E-state index is 12.8. The molecule has 2 aromatic carbocycles. The van der Waals surface area contributed by atoms with Crippen molar-refractivity contribution < 1.29 is 14.2 Å². The van der Waals surface area contributed by atoms with Crippen molar-refractivity contribution in [3.05, 3.63) is 57.8 Å². The highest BCUT2D eigenvalue weighted by atomic mass is 35.5. The van der Waals surface area contributed by atoms with E-state index in [4.69, 9.17) is 25.8 Å². The molecule has 0 bridgehead atoms. The Balaban J connectivity index is 1.73. The maximum Gasteiger partial charge on any atom is 0.262 e. The molecule has 0 unspecified atom stereocenters. The highest BCUT2D eigenvalue weighted by Crippen LogP contribution is 2.21. The molecule has 28 heavy (non-hydrogen) atoms. The Bertz CT molecular complexity index is 992. The molecule has 0 radical (unpaired) electrons. The summed E-state index contributed by atoms with van der Waals surface area (Å²) < 4.78 is 17.7. The minimum absolute atomic E-state index is 0.0997. The average molecular weight is 421 g/mol. The van der Waals surface area contributed by atoms with Crippen LogP contribution < -0.4 is 15.0 Å². The van der Waals surface area contributed by atoms with E-state index in [1.807, 2.05) is 24.3 Å². The Morgan fingerprint density at radius 1 is 1.07 bits per heavy atom. The molecule has 1 aromatic heterocycles. The summed E-state index contributed by atoms with van der Waals surface area (Å²) in [5, 5.41) is 1.71. The third-order valence-electron chi connectivity index (χ3n) is 4.04. The molecule has 0 amide bonds. The summed E-state index contributed by atoms with van der Waals surface area (Å²) in [4.78, 5) is 17.5. The Morgan fingerprint density at radius 3 is 2.54 bits per heavy atom. The van der Waals surface area contributed by atoms with E-state index < -0.39 is 0 Å². The Hall–Kier alpha value is -2.22. The lowest BCUT2D eigenvalue weighted by Gasteiger charge is -2.13. The maximum absolute atomic E-state index is 12.8. The molecule has 0 atom stereocenters. The van der Waals surface area contributed by atoms with Gasteiger partial charge in [0.05, 0.1) is 37.8 Å². The molecular weight excluding hydrogens is 400 g/mol. The largest absolute Gasteiger partial charge is 0.497 e. The van der Waals surface area contributed by atoms with E-state index in [0.29, 0.717) is 46.6 Å². The van der Waals surface area contributed by atoms with E-state index in [9.17, 15) is 4.79 Å². The summed E-state index contributed by atoms with van der Waals surface area (Å²) in [5.41, 5.74) is 0.488. The molecule has 6 nitrogen and oxygen atoms in total. The summed E-state index contributed by atoms with van der Waals surface area (Å²) in [6, 6.07) is 12.5. The number of methoxy groups -OCH3 is 2. The average Bonchev–Trinajstić information content (AvgIpc) is 2.71. The van der Waals surface area contributed by atoms with E-state index in [1.165, 1.54) is 11.8 Å². The smallest absolute Gasteiger partial charge is 0.262 e. The van der Waals surface area contributed by atoms with E-state index in [0.717, 1.165) is 11.5 Å². The van der Waals surface area contributed by atoms with E-state index in [2.05, 4.69) is 4.98 Å². The number of nitrogens with zero attached hydrogens (tertiary/aromatic N) is 2. The normalized spacial score (nSPS) is 11.0. The number of fused-ring (bicyclic) bond motifs is 1. The first kappa shape index (κ1) is 20.5. The molecule has 0 saturated carbocycles. The Kier molecular flexibility index (Phi) is 7.19. The number of hydrogen-bond acceptors (Lipinski definition) is 6. The van der Waals surface area contributed by atoms with Gasteiger partial charge in [0.1, 0.15) is 11.5 Å². The van der Waals surface area contributed by atoms with Crippen LogP contribution in [0, 0.1) is 0 Å².